The van der Waals surface area contributed by atoms with E-state index in [2.05, 4.69) is 22.4 Å². The zero-order valence-corrected chi connectivity index (χ0v) is 8.58. The largest absolute Gasteiger partial charge is 0.330 e. The Morgan fingerprint density at radius 3 is 2.64 bits per heavy atom. The predicted octanol–water partition coefficient (Wildman–Crippen LogP) is 0.953. The summed E-state index contributed by atoms with van der Waals surface area (Å²) < 4.78 is 0. The first-order valence-corrected chi connectivity index (χ1v) is 5.23. The first-order chi connectivity index (χ1) is 6.93. The predicted molar refractivity (Wildman–Crippen MR) is 59.1 cm³/mol. The summed E-state index contributed by atoms with van der Waals surface area (Å²) in [6.07, 6.45) is 7.04. The molecule has 0 radical (unpaired) electrons. The van der Waals surface area contributed by atoms with E-state index in [0.29, 0.717) is 0 Å². The van der Waals surface area contributed by atoms with Crippen LogP contribution >= 0.6 is 0 Å². The van der Waals surface area contributed by atoms with Crippen LogP contribution in [0, 0.1) is 0 Å². The Morgan fingerprint density at radius 1 is 1.14 bits per heavy atom. The van der Waals surface area contributed by atoms with Crippen molar-refractivity contribution in [2.45, 2.75) is 19.3 Å². The summed E-state index contributed by atoms with van der Waals surface area (Å²) in [7, 11) is 0. The van der Waals surface area contributed by atoms with Gasteiger partial charge in [-0.3, -0.25) is 4.98 Å². The molecule has 1 heterocycles. The van der Waals surface area contributed by atoms with Crippen LogP contribution in [0.25, 0.3) is 0 Å². The molecule has 0 fully saturated rings. The Morgan fingerprint density at radius 2 is 1.93 bits per heavy atom. The molecule has 3 heteroatoms. The second kappa shape index (κ2) is 7.47. The molecule has 78 valence electrons. The maximum Gasteiger partial charge on any atom is 0.0270 e. The van der Waals surface area contributed by atoms with Gasteiger partial charge in [-0.25, -0.2) is 0 Å². The van der Waals surface area contributed by atoms with Gasteiger partial charge in [-0.05, 0) is 56.6 Å². The van der Waals surface area contributed by atoms with E-state index >= 15 is 0 Å². The molecular formula is C11H19N3. The molecule has 14 heavy (non-hydrogen) atoms. The molecule has 0 aliphatic rings. The maximum atomic E-state index is 5.40. The van der Waals surface area contributed by atoms with Crippen molar-refractivity contribution in [1.82, 2.24) is 10.3 Å². The highest BCUT2D eigenvalue weighted by atomic mass is 14.8. The minimum atomic E-state index is 0.798. The summed E-state index contributed by atoms with van der Waals surface area (Å²) in [5.74, 6) is 0. The average Bonchev–Trinajstić information content (AvgIpc) is 2.25. The normalized spacial score (nSPS) is 10.4. The van der Waals surface area contributed by atoms with E-state index in [1.54, 1.807) is 0 Å². The minimum Gasteiger partial charge on any atom is -0.330 e. The second-order valence-electron chi connectivity index (χ2n) is 3.35. The highest BCUT2D eigenvalue weighted by Crippen LogP contribution is 1.95. The van der Waals surface area contributed by atoms with Crippen LogP contribution in [0.2, 0.25) is 0 Å². The van der Waals surface area contributed by atoms with Gasteiger partial charge in [0.1, 0.15) is 0 Å². The molecule has 0 saturated heterocycles. The second-order valence-corrected chi connectivity index (χ2v) is 3.35. The van der Waals surface area contributed by atoms with Crippen LogP contribution in [0.5, 0.6) is 0 Å². The monoisotopic (exact) mass is 193 g/mol. The van der Waals surface area contributed by atoms with Crippen LogP contribution in [0.1, 0.15) is 18.4 Å². The number of rotatable bonds is 7. The Kier molecular flexibility index (Phi) is 5.95. The fourth-order valence-electron chi connectivity index (χ4n) is 1.30. The Balaban J connectivity index is 1.99. The zero-order chi connectivity index (χ0) is 10.1. The number of unbranched alkanes of at least 4 members (excludes halogenated alkanes) is 1. The van der Waals surface area contributed by atoms with Gasteiger partial charge in [0.15, 0.2) is 0 Å². The summed E-state index contributed by atoms with van der Waals surface area (Å²) in [6, 6.07) is 4.11. The van der Waals surface area contributed by atoms with Crippen LogP contribution in [0.15, 0.2) is 24.5 Å². The number of aromatic nitrogens is 1. The summed E-state index contributed by atoms with van der Waals surface area (Å²) in [5.41, 5.74) is 6.74. The van der Waals surface area contributed by atoms with Crippen LogP contribution in [-0.2, 0) is 6.42 Å². The Hall–Kier alpha value is -0.930. The lowest BCUT2D eigenvalue weighted by atomic mass is 10.2. The SMILES string of the molecule is NCCCCNCCc1ccncc1. The van der Waals surface area contributed by atoms with Crippen molar-refractivity contribution >= 4 is 0 Å². The van der Waals surface area contributed by atoms with Gasteiger partial charge in [0, 0.05) is 12.4 Å². The van der Waals surface area contributed by atoms with E-state index in [1.165, 1.54) is 12.0 Å². The molecule has 3 N–H and O–H groups in total. The molecule has 0 spiro atoms. The fourth-order valence-corrected chi connectivity index (χ4v) is 1.30. The first kappa shape index (κ1) is 11.1. The van der Waals surface area contributed by atoms with Gasteiger partial charge in [-0.2, -0.15) is 0 Å². The van der Waals surface area contributed by atoms with Gasteiger partial charge in [0.25, 0.3) is 0 Å². The van der Waals surface area contributed by atoms with Crippen molar-refractivity contribution in [1.29, 1.82) is 0 Å². The van der Waals surface area contributed by atoms with Crippen LogP contribution < -0.4 is 11.1 Å². The van der Waals surface area contributed by atoms with Gasteiger partial charge in [0.05, 0.1) is 0 Å². The van der Waals surface area contributed by atoms with Crippen molar-refractivity contribution in [3.05, 3.63) is 30.1 Å². The van der Waals surface area contributed by atoms with Crippen molar-refractivity contribution in [2.75, 3.05) is 19.6 Å². The lowest BCUT2D eigenvalue weighted by Gasteiger charge is -2.03. The topological polar surface area (TPSA) is 50.9 Å². The van der Waals surface area contributed by atoms with Gasteiger partial charge in [-0.1, -0.05) is 0 Å². The third-order valence-electron chi connectivity index (χ3n) is 2.15. The van der Waals surface area contributed by atoms with Gasteiger partial charge < -0.3 is 11.1 Å². The third-order valence-corrected chi connectivity index (χ3v) is 2.15. The van der Waals surface area contributed by atoms with Crippen molar-refractivity contribution in [3.8, 4) is 0 Å². The smallest absolute Gasteiger partial charge is 0.0270 e. The molecule has 0 amide bonds. The molecule has 0 aromatic carbocycles. The molecule has 1 rings (SSSR count). The molecule has 3 nitrogen and oxygen atoms in total. The van der Waals surface area contributed by atoms with Crippen LogP contribution in [-0.4, -0.2) is 24.6 Å². The van der Waals surface area contributed by atoms with Gasteiger partial charge in [0.2, 0.25) is 0 Å². The fraction of sp³-hybridized carbons (Fsp3) is 0.545. The molecule has 0 aliphatic heterocycles. The zero-order valence-electron chi connectivity index (χ0n) is 8.58. The van der Waals surface area contributed by atoms with Crippen LogP contribution in [0.4, 0.5) is 0 Å². The lowest BCUT2D eigenvalue weighted by Crippen LogP contribution is -2.19. The molecule has 1 aromatic rings. The lowest BCUT2D eigenvalue weighted by molar-refractivity contribution is 0.627. The molecule has 0 aliphatic carbocycles. The van der Waals surface area contributed by atoms with E-state index < -0.39 is 0 Å². The summed E-state index contributed by atoms with van der Waals surface area (Å²) in [5, 5.41) is 3.39. The molecular weight excluding hydrogens is 174 g/mol. The third kappa shape index (κ3) is 4.94. The summed E-state index contributed by atoms with van der Waals surface area (Å²) >= 11 is 0. The Labute approximate surface area is 85.7 Å². The maximum absolute atomic E-state index is 5.40. The quantitative estimate of drug-likeness (QED) is 0.634. The van der Waals surface area contributed by atoms with Crippen molar-refractivity contribution in [3.63, 3.8) is 0 Å². The molecule has 0 bridgehead atoms. The highest BCUT2D eigenvalue weighted by molar-refractivity contribution is 5.09. The number of nitrogens with two attached hydrogens (primary N) is 1. The standard InChI is InChI=1S/C11H19N3/c12-6-1-2-7-13-8-3-11-4-9-14-10-5-11/h4-5,9-10,13H,1-3,6-8,12H2. The number of hydrogen-bond acceptors (Lipinski definition) is 3. The van der Waals surface area contributed by atoms with E-state index in [0.717, 1.165) is 32.5 Å². The molecule has 0 saturated carbocycles. The summed E-state index contributed by atoms with van der Waals surface area (Å²) in [6.45, 7) is 2.91. The highest BCUT2D eigenvalue weighted by Gasteiger charge is 1.91. The van der Waals surface area contributed by atoms with Gasteiger partial charge >= 0.3 is 0 Å². The van der Waals surface area contributed by atoms with E-state index in [1.807, 2.05) is 12.4 Å². The van der Waals surface area contributed by atoms with E-state index in [9.17, 15) is 0 Å². The van der Waals surface area contributed by atoms with Gasteiger partial charge in [-0.15, -0.1) is 0 Å². The number of nitrogens with zero attached hydrogens (tertiary/aromatic N) is 1. The molecule has 0 atom stereocenters. The molecule has 1 aromatic heterocycles. The number of nitrogens with one attached hydrogen (secondary N) is 1. The minimum absolute atomic E-state index is 0.798. The van der Waals surface area contributed by atoms with E-state index in [4.69, 9.17) is 5.73 Å². The summed E-state index contributed by atoms with van der Waals surface area (Å²) in [4.78, 5) is 3.98. The first-order valence-electron chi connectivity index (χ1n) is 5.23. The van der Waals surface area contributed by atoms with Crippen molar-refractivity contribution in [2.24, 2.45) is 5.73 Å². The Bertz CT molecular complexity index is 223. The average molecular weight is 193 g/mol. The number of pyridine rings is 1. The van der Waals surface area contributed by atoms with Crippen LogP contribution in [0.3, 0.4) is 0 Å². The number of hydrogen-bond donors (Lipinski definition) is 2. The molecule has 0 unspecified atom stereocenters. The van der Waals surface area contributed by atoms with Crippen molar-refractivity contribution < 1.29 is 0 Å². The van der Waals surface area contributed by atoms with E-state index in [-0.39, 0.29) is 0 Å².